The van der Waals surface area contributed by atoms with Gasteiger partial charge in [0.15, 0.2) is 0 Å². The van der Waals surface area contributed by atoms with Crippen LogP contribution < -0.4 is 5.32 Å². The van der Waals surface area contributed by atoms with Crippen LogP contribution in [0.4, 0.5) is 17.6 Å². The van der Waals surface area contributed by atoms with E-state index in [1.54, 1.807) is 0 Å². The number of hydrogen-bond acceptors (Lipinski definition) is 1. The van der Waals surface area contributed by atoms with Gasteiger partial charge in [-0.2, -0.15) is 13.2 Å². The Kier molecular flexibility index (Phi) is 4.76. The molecule has 2 nitrogen and oxygen atoms in total. The maximum atomic E-state index is 13.6. The Morgan fingerprint density at radius 2 is 1.81 bits per heavy atom. The smallest absolute Gasteiger partial charge is 0.349 e. The Hall–Kier alpha value is -1.30. The first-order valence-electron chi connectivity index (χ1n) is 6.59. The van der Waals surface area contributed by atoms with Crippen LogP contribution in [0.3, 0.4) is 0 Å². The first kappa shape index (κ1) is 16.1. The number of alkyl halides is 4. The molecule has 0 saturated heterocycles. The van der Waals surface area contributed by atoms with Crippen LogP contribution in [0, 0.1) is 5.82 Å². The summed E-state index contributed by atoms with van der Waals surface area (Å²) in [5, 5.41) is 2.63. The fraction of sp³-hybridized carbons (Fsp3) is 0.500. The molecular weight excluding hydrogens is 310 g/mol. The molecule has 1 N–H and O–H groups in total. The van der Waals surface area contributed by atoms with Crippen molar-refractivity contribution < 1.29 is 22.4 Å². The standard InChI is InChI=1S/C14H14ClF4NO/c15-9-2-4-10(5-3-9)20-13(21)11-7-8(14(17,18)19)1-6-12(11)16/h1,6-7,9-10H,2-5H2,(H,20,21). The number of benzene rings is 1. The first-order chi connectivity index (χ1) is 9.77. The van der Waals surface area contributed by atoms with E-state index >= 15 is 0 Å². The minimum absolute atomic E-state index is 0.0587. The van der Waals surface area contributed by atoms with Crippen LogP contribution in [0.2, 0.25) is 0 Å². The summed E-state index contributed by atoms with van der Waals surface area (Å²) >= 11 is 5.93. The molecule has 116 valence electrons. The third kappa shape index (κ3) is 4.09. The van der Waals surface area contributed by atoms with Gasteiger partial charge in [0, 0.05) is 11.4 Å². The number of hydrogen-bond donors (Lipinski definition) is 1. The van der Waals surface area contributed by atoms with Gasteiger partial charge in [-0.1, -0.05) is 0 Å². The molecule has 1 fully saturated rings. The van der Waals surface area contributed by atoms with Crippen molar-refractivity contribution in [3.05, 3.63) is 35.1 Å². The predicted octanol–water partition coefficient (Wildman–Crippen LogP) is 4.12. The van der Waals surface area contributed by atoms with Gasteiger partial charge in [0.2, 0.25) is 0 Å². The van der Waals surface area contributed by atoms with Crippen LogP contribution in [0.15, 0.2) is 18.2 Å². The van der Waals surface area contributed by atoms with Crippen molar-refractivity contribution >= 4 is 17.5 Å². The van der Waals surface area contributed by atoms with Crippen molar-refractivity contribution in [1.82, 2.24) is 5.32 Å². The highest BCUT2D eigenvalue weighted by molar-refractivity contribution is 6.20. The Bertz CT molecular complexity index is 524. The van der Waals surface area contributed by atoms with Gasteiger partial charge in [-0.05, 0) is 43.9 Å². The maximum Gasteiger partial charge on any atom is 0.416 e. The molecule has 0 unspecified atom stereocenters. The third-order valence-electron chi connectivity index (χ3n) is 3.53. The van der Waals surface area contributed by atoms with E-state index in [-0.39, 0.29) is 11.4 Å². The van der Waals surface area contributed by atoms with Crippen molar-refractivity contribution in [2.45, 2.75) is 43.3 Å². The molecule has 7 heteroatoms. The summed E-state index contributed by atoms with van der Waals surface area (Å²) in [7, 11) is 0. The molecule has 21 heavy (non-hydrogen) atoms. The summed E-state index contributed by atoms with van der Waals surface area (Å²) in [4.78, 5) is 11.9. The Balaban J connectivity index is 2.11. The van der Waals surface area contributed by atoms with Gasteiger partial charge < -0.3 is 5.32 Å². The van der Waals surface area contributed by atoms with Gasteiger partial charge in [-0.15, -0.1) is 11.6 Å². The van der Waals surface area contributed by atoms with Gasteiger partial charge in [-0.25, -0.2) is 4.39 Å². The van der Waals surface area contributed by atoms with E-state index in [1.807, 2.05) is 0 Å². The van der Waals surface area contributed by atoms with E-state index < -0.39 is 29.0 Å². The van der Waals surface area contributed by atoms with Gasteiger partial charge in [0.05, 0.1) is 11.1 Å². The van der Waals surface area contributed by atoms with E-state index in [9.17, 15) is 22.4 Å². The predicted molar refractivity (Wildman–Crippen MR) is 70.8 cm³/mol. The number of halogens is 5. The SMILES string of the molecule is O=C(NC1CCC(Cl)CC1)c1cc(C(F)(F)F)ccc1F. The van der Waals surface area contributed by atoms with Gasteiger partial charge in [0.25, 0.3) is 5.91 Å². The Morgan fingerprint density at radius 3 is 2.38 bits per heavy atom. The van der Waals surface area contributed by atoms with Crippen LogP contribution >= 0.6 is 11.6 Å². The van der Waals surface area contributed by atoms with Gasteiger partial charge >= 0.3 is 6.18 Å². The summed E-state index contributed by atoms with van der Waals surface area (Å²) in [5.41, 5.74) is -1.63. The molecule has 0 heterocycles. The maximum absolute atomic E-state index is 13.6. The zero-order valence-corrected chi connectivity index (χ0v) is 11.8. The van der Waals surface area contributed by atoms with Crippen molar-refractivity contribution in [2.75, 3.05) is 0 Å². The van der Waals surface area contributed by atoms with E-state index in [1.165, 1.54) is 0 Å². The third-order valence-corrected chi connectivity index (χ3v) is 3.97. The number of nitrogens with one attached hydrogen (secondary N) is 1. The molecule has 0 aliphatic heterocycles. The lowest BCUT2D eigenvalue weighted by molar-refractivity contribution is -0.137. The van der Waals surface area contributed by atoms with E-state index in [2.05, 4.69) is 5.32 Å². The van der Waals surface area contributed by atoms with Crippen molar-refractivity contribution in [2.24, 2.45) is 0 Å². The quantitative estimate of drug-likeness (QED) is 0.643. The summed E-state index contributed by atoms with van der Waals surface area (Å²) in [6.45, 7) is 0. The summed E-state index contributed by atoms with van der Waals surface area (Å²) in [6, 6.07) is 1.64. The minimum Gasteiger partial charge on any atom is -0.349 e. The van der Waals surface area contributed by atoms with Crippen LogP contribution in [-0.2, 0) is 6.18 Å². The van der Waals surface area contributed by atoms with Crippen LogP contribution in [0.5, 0.6) is 0 Å². The highest BCUT2D eigenvalue weighted by Crippen LogP contribution is 2.30. The lowest BCUT2D eigenvalue weighted by Crippen LogP contribution is -2.38. The second-order valence-electron chi connectivity index (χ2n) is 5.11. The Labute approximate surface area is 124 Å². The number of amides is 1. The zero-order valence-electron chi connectivity index (χ0n) is 11.0. The number of carbonyl (C=O) groups excluding carboxylic acids is 1. The normalized spacial score (nSPS) is 22.9. The molecule has 1 saturated carbocycles. The number of rotatable bonds is 2. The fourth-order valence-corrected chi connectivity index (χ4v) is 2.59. The molecule has 1 aromatic carbocycles. The molecule has 0 radical (unpaired) electrons. The number of carbonyl (C=O) groups is 1. The van der Waals surface area contributed by atoms with Crippen LogP contribution in [0.25, 0.3) is 0 Å². The van der Waals surface area contributed by atoms with Crippen molar-refractivity contribution in [3.8, 4) is 0 Å². The Morgan fingerprint density at radius 1 is 1.19 bits per heavy atom. The molecule has 0 aromatic heterocycles. The molecule has 1 aromatic rings. The highest BCUT2D eigenvalue weighted by Gasteiger charge is 2.32. The van der Waals surface area contributed by atoms with Crippen LogP contribution in [0.1, 0.15) is 41.6 Å². The largest absolute Gasteiger partial charge is 0.416 e. The van der Waals surface area contributed by atoms with Gasteiger partial charge in [0.1, 0.15) is 5.82 Å². The molecular formula is C14H14ClF4NO. The monoisotopic (exact) mass is 323 g/mol. The van der Waals surface area contributed by atoms with Crippen LogP contribution in [-0.4, -0.2) is 17.3 Å². The molecule has 1 aliphatic rings. The molecule has 0 atom stereocenters. The summed E-state index contributed by atoms with van der Waals surface area (Å²) in [5.74, 6) is -1.79. The van der Waals surface area contributed by atoms with E-state index in [0.29, 0.717) is 31.0 Å². The van der Waals surface area contributed by atoms with E-state index in [0.717, 1.165) is 12.8 Å². The average molecular weight is 324 g/mol. The van der Waals surface area contributed by atoms with Gasteiger partial charge in [-0.3, -0.25) is 4.79 Å². The second kappa shape index (κ2) is 6.22. The topological polar surface area (TPSA) is 29.1 Å². The molecule has 0 bridgehead atoms. The molecule has 0 spiro atoms. The summed E-state index contributed by atoms with van der Waals surface area (Å²) < 4.78 is 51.4. The first-order valence-corrected chi connectivity index (χ1v) is 7.02. The average Bonchev–Trinajstić information content (AvgIpc) is 2.40. The van der Waals surface area contributed by atoms with E-state index in [4.69, 9.17) is 11.6 Å². The molecule has 1 amide bonds. The summed E-state index contributed by atoms with van der Waals surface area (Å²) in [6.07, 6.45) is -1.89. The molecule has 1 aliphatic carbocycles. The molecule has 2 rings (SSSR count). The second-order valence-corrected chi connectivity index (χ2v) is 5.73. The lowest BCUT2D eigenvalue weighted by atomic mass is 9.94. The minimum atomic E-state index is -4.61. The zero-order chi connectivity index (χ0) is 15.6. The highest BCUT2D eigenvalue weighted by atomic mass is 35.5. The van der Waals surface area contributed by atoms with Crippen molar-refractivity contribution in [3.63, 3.8) is 0 Å². The lowest BCUT2D eigenvalue weighted by Gasteiger charge is -2.26. The fourth-order valence-electron chi connectivity index (χ4n) is 2.34. The van der Waals surface area contributed by atoms with Crippen molar-refractivity contribution in [1.29, 1.82) is 0 Å².